The number of benzene rings is 2. The largest absolute Gasteiger partial charge is 0.508 e. The SMILES string of the molecule is C#C.C=CCc1ccc(NC(=O)C(C(C)Cc2ccc(O)cc2)N(CC)C(C)=O)cc1C(C/C=C\C)CCC(=O)OCC. The van der Waals surface area contributed by atoms with E-state index in [0.717, 1.165) is 23.1 Å². The number of phenolic OH excluding ortho intramolecular Hbond substituents is 1. The van der Waals surface area contributed by atoms with Crippen molar-refractivity contribution in [3.8, 4) is 18.6 Å². The van der Waals surface area contributed by atoms with Gasteiger partial charge < -0.3 is 20.1 Å². The minimum absolute atomic E-state index is 0.0518. The predicted octanol–water partition coefficient (Wildman–Crippen LogP) is 6.82. The van der Waals surface area contributed by atoms with Crippen molar-refractivity contribution < 1.29 is 24.2 Å². The van der Waals surface area contributed by atoms with Crippen molar-refractivity contribution in [2.45, 2.75) is 78.7 Å². The summed E-state index contributed by atoms with van der Waals surface area (Å²) in [4.78, 5) is 40.1. The highest BCUT2D eigenvalue weighted by molar-refractivity contribution is 5.97. The molecule has 3 unspecified atom stereocenters. The Kier molecular flexibility index (Phi) is 16.9. The molecule has 0 spiro atoms. The highest BCUT2D eigenvalue weighted by Gasteiger charge is 2.32. The zero-order chi connectivity index (χ0) is 32.4. The molecule has 2 amide bonds. The number of nitrogens with one attached hydrogen (secondary N) is 1. The summed E-state index contributed by atoms with van der Waals surface area (Å²) in [5, 5.41) is 12.7. The molecular weight excluding hydrogens is 540 g/mol. The molecule has 2 aromatic carbocycles. The second-order valence-electron chi connectivity index (χ2n) is 10.3. The molecule has 7 nitrogen and oxygen atoms in total. The first-order valence-corrected chi connectivity index (χ1v) is 14.8. The summed E-state index contributed by atoms with van der Waals surface area (Å²) in [7, 11) is 0. The molecule has 0 aliphatic rings. The summed E-state index contributed by atoms with van der Waals surface area (Å²) in [6.45, 7) is 13.7. The van der Waals surface area contributed by atoms with Crippen molar-refractivity contribution >= 4 is 23.5 Å². The Balaban J connectivity index is 0.00000452. The third-order valence-electron chi connectivity index (χ3n) is 7.26. The van der Waals surface area contributed by atoms with Crippen LogP contribution < -0.4 is 5.32 Å². The molecule has 7 heteroatoms. The second kappa shape index (κ2) is 19.7. The van der Waals surface area contributed by atoms with Crippen molar-refractivity contribution in [2.75, 3.05) is 18.5 Å². The van der Waals surface area contributed by atoms with E-state index >= 15 is 0 Å². The summed E-state index contributed by atoms with van der Waals surface area (Å²) in [6, 6.07) is 12.1. The van der Waals surface area contributed by atoms with Crippen LogP contribution in [0.3, 0.4) is 0 Å². The molecular formula is C36H48N2O5. The summed E-state index contributed by atoms with van der Waals surface area (Å²) < 4.78 is 5.16. The number of hydrogen-bond donors (Lipinski definition) is 2. The van der Waals surface area contributed by atoms with Gasteiger partial charge in [-0.25, -0.2) is 0 Å². The number of esters is 1. The normalized spacial score (nSPS) is 12.7. The van der Waals surface area contributed by atoms with Crippen molar-refractivity contribution in [1.82, 2.24) is 4.90 Å². The first-order valence-electron chi connectivity index (χ1n) is 14.8. The Morgan fingerprint density at radius 1 is 1.12 bits per heavy atom. The fourth-order valence-corrected chi connectivity index (χ4v) is 5.27. The van der Waals surface area contributed by atoms with E-state index in [1.54, 1.807) is 24.0 Å². The number of rotatable bonds is 16. The standard InChI is InChI=1S/C34H46N2O5.C2H2/c1-7-11-13-28(17-21-32(39)41-10-4)31-23-29(18-16-27(31)12-8-2)35-34(40)33(36(9-3)25(6)37)24(5)22-26-14-19-30(38)20-15-26;1-2/h7-8,11,14-16,18-20,23-24,28,33,38H,2,9-10,12-13,17,21-22H2,1,3-6H3,(H,35,40);1-2H/b11-7-;. The minimum atomic E-state index is -0.690. The van der Waals surface area contributed by atoms with E-state index in [-0.39, 0.29) is 35.4 Å². The number of hydrogen-bond acceptors (Lipinski definition) is 5. The number of likely N-dealkylation sites (N-methyl/N-ethyl adjacent to an activating group) is 1. The molecule has 43 heavy (non-hydrogen) atoms. The fraction of sp³-hybridized carbons (Fsp3) is 0.417. The molecule has 2 rings (SSSR count). The molecule has 0 fully saturated rings. The third kappa shape index (κ3) is 11.8. The minimum Gasteiger partial charge on any atom is -0.508 e. The summed E-state index contributed by atoms with van der Waals surface area (Å²) in [5.74, 6) is -0.599. The molecule has 0 saturated carbocycles. The lowest BCUT2D eigenvalue weighted by atomic mass is 9.86. The van der Waals surface area contributed by atoms with Crippen LogP contribution in [0.4, 0.5) is 5.69 Å². The number of ether oxygens (including phenoxy) is 1. The van der Waals surface area contributed by atoms with Crippen LogP contribution in [0, 0.1) is 18.8 Å². The third-order valence-corrected chi connectivity index (χ3v) is 7.26. The van der Waals surface area contributed by atoms with Crippen molar-refractivity contribution in [3.05, 3.63) is 84.0 Å². The monoisotopic (exact) mass is 588 g/mol. The summed E-state index contributed by atoms with van der Waals surface area (Å²) >= 11 is 0. The second-order valence-corrected chi connectivity index (χ2v) is 10.3. The number of carbonyl (C=O) groups is 3. The van der Waals surface area contributed by atoms with Gasteiger partial charge in [-0.05, 0) is 99.2 Å². The smallest absolute Gasteiger partial charge is 0.305 e. The molecule has 0 aliphatic heterocycles. The Bertz CT molecular complexity index is 1230. The van der Waals surface area contributed by atoms with E-state index in [2.05, 4.69) is 30.8 Å². The van der Waals surface area contributed by atoms with Crippen LogP contribution in [0.5, 0.6) is 5.75 Å². The number of amides is 2. The molecule has 0 heterocycles. The highest BCUT2D eigenvalue weighted by Crippen LogP contribution is 2.32. The lowest BCUT2D eigenvalue weighted by Crippen LogP contribution is -2.50. The van der Waals surface area contributed by atoms with E-state index < -0.39 is 6.04 Å². The fourth-order valence-electron chi connectivity index (χ4n) is 5.27. The van der Waals surface area contributed by atoms with Gasteiger partial charge in [-0.2, -0.15) is 0 Å². The maximum atomic E-state index is 13.8. The van der Waals surface area contributed by atoms with Crippen LogP contribution in [0.2, 0.25) is 0 Å². The molecule has 3 atom stereocenters. The topological polar surface area (TPSA) is 95.9 Å². The molecule has 2 aromatic rings. The van der Waals surface area contributed by atoms with Gasteiger partial charge >= 0.3 is 5.97 Å². The number of phenols is 1. The average molecular weight is 589 g/mol. The van der Waals surface area contributed by atoms with E-state index in [1.165, 1.54) is 6.92 Å². The molecule has 0 aliphatic carbocycles. The van der Waals surface area contributed by atoms with Gasteiger partial charge in [0, 0.05) is 25.6 Å². The van der Waals surface area contributed by atoms with Gasteiger partial charge in [0.2, 0.25) is 11.8 Å². The maximum absolute atomic E-state index is 13.8. The Morgan fingerprint density at radius 3 is 2.35 bits per heavy atom. The van der Waals surface area contributed by atoms with E-state index in [0.29, 0.717) is 44.5 Å². The summed E-state index contributed by atoms with van der Waals surface area (Å²) in [6.07, 6.45) is 16.8. The van der Waals surface area contributed by atoms with Crippen molar-refractivity contribution in [2.24, 2.45) is 5.92 Å². The first kappa shape index (κ1) is 36.7. The van der Waals surface area contributed by atoms with Gasteiger partial charge in [0.25, 0.3) is 0 Å². The number of allylic oxidation sites excluding steroid dienone is 3. The average Bonchev–Trinajstić information content (AvgIpc) is 2.99. The number of carbonyl (C=O) groups excluding carboxylic acids is 3. The van der Waals surface area contributed by atoms with Crippen LogP contribution >= 0.6 is 0 Å². The molecule has 2 N–H and O–H groups in total. The van der Waals surface area contributed by atoms with Crippen molar-refractivity contribution in [3.63, 3.8) is 0 Å². The van der Waals surface area contributed by atoms with Crippen LogP contribution in [-0.4, -0.2) is 47.0 Å². The molecule has 232 valence electrons. The lowest BCUT2D eigenvalue weighted by molar-refractivity contribution is -0.143. The number of nitrogens with zero attached hydrogens (tertiary/aromatic N) is 1. The molecule has 0 saturated heterocycles. The lowest BCUT2D eigenvalue weighted by Gasteiger charge is -2.33. The van der Waals surface area contributed by atoms with Gasteiger partial charge in [0.1, 0.15) is 11.8 Å². The van der Waals surface area contributed by atoms with E-state index in [9.17, 15) is 19.5 Å². The van der Waals surface area contributed by atoms with Gasteiger partial charge in [0.15, 0.2) is 0 Å². The Morgan fingerprint density at radius 2 is 1.79 bits per heavy atom. The quantitative estimate of drug-likeness (QED) is 0.128. The van der Waals surface area contributed by atoms with Gasteiger partial charge in [-0.15, -0.1) is 19.4 Å². The maximum Gasteiger partial charge on any atom is 0.305 e. The zero-order valence-electron chi connectivity index (χ0n) is 26.3. The highest BCUT2D eigenvalue weighted by atomic mass is 16.5. The van der Waals surface area contributed by atoms with Crippen LogP contribution in [0.15, 0.2) is 67.3 Å². The predicted molar refractivity (Wildman–Crippen MR) is 175 cm³/mol. The number of aromatic hydroxyl groups is 1. The van der Waals surface area contributed by atoms with Crippen LogP contribution in [0.1, 0.15) is 76.5 Å². The Labute approximate surface area is 258 Å². The molecule has 0 radical (unpaired) electrons. The van der Waals surface area contributed by atoms with Crippen LogP contribution in [-0.2, 0) is 32.0 Å². The van der Waals surface area contributed by atoms with Gasteiger partial charge in [-0.1, -0.05) is 43.4 Å². The molecule has 0 aromatic heterocycles. The van der Waals surface area contributed by atoms with Gasteiger partial charge in [-0.3, -0.25) is 14.4 Å². The number of terminal acetylenes is 1. The Hall–Kier alpha value is -4.31. The van der Waals surface area contributed by atoms with E-state index in [4.69, 9.17) is 4.74 Å². The van der Waals surface area contributed by atoms with Gasteiger partial charge in [0.05, 0.1) is 6.61 Å². The zero-order valence-corrected chi connectivity index (χ0v) is 26.3. The number of anilines is 1. The van der Waals surface area contributed by atoms with Crippen LogP contribution in [0.25, 0.3) is 0 Å². The first-order chi connectivity index (χ1) is 20.6. The van der Waals surface area contributed by atoms with E-state index in [1.807, 2.05) is 63.3 Å². The molecule has 0 bridgehead atoms. The van der Waals surface area contributed by atoms with Crippen molar-refractivity contribution in [1.29, 1.82) is 0 Å². The summed E-state index contributed by atoms with van der Waals surface area (Å²) in [5.41, 5.74) is 3.75.